The Hall–Kier alpha value is -3.03. The standard InChI is InChI=1S/C11H16N8O8.2O.Ti/c20-1-10(4(22)14-8(26)18-10)16-6(24)12-3-13-7(25)17-11(2-21)5(23)15-9(27)19-11;;;/h20-21H,1-3H2,(H2,12,16,24)(H2,13,17,25)(H2,14,18,22,26)(H2,15,19,23,27);;;/q;2*-2;+4. The average molecular weight is 468 g/mol. The number of amides is 10. The van der Waals surface area contributed by atoms with Crippen LogP contribution in [0.4, 0.5) is 19.2 Å². The molecular weight excluding hydrogens is 452 g/mol. The van der Waals surface area contributed by atoms with Crippen LogP contribution in [0.15, 0.2) is 0 Å². The van der Waals surface area contributed by atoms with Gasteiger partial charge in [0.05, 0.1) is 19.9 Å². The normalized spacial score (nSPS) is 23.8. The fraction of sp³-hybridized carbons (Fsp3) is 0.455. The van der Waals surface area contributed by atoms with E-state index in [2.05, 4.69) is 10.6 Å². The minimum absolute atomic E-state index is 0. The molecule has 0 aromatic rings. The van der Waals surface area contributed by atoms with Crippen LogP contribution in [0.25, 0.3) is 0 Å². The zero-order valence-corrected chi connectivity index (χ0v) is 16.3. The molecule has 2 rings (SSSR count). The van der Waals surface area contributed by atoms with Gasteiger partial charge in [-0.2, -0.15) is 0 Å². The molecule has 10 N–H and O–H groups in total. The van der Waals surface area contributed by atoms with Crippen molar-refractivity contribution in [1.29, 1.82) is 0 Å². The molecule has 2 heterocycles. The molecule has 164 valence electrons. The molecule has 30 heavy (non-hydrogen) atoms. The van der Waals surface area contributed by atoms with Crippen LogP contribution in [-0.4, -0.2) is 77.4 Å². The van der Waals surface area contributed by atoms with E-state index in [1.165, 1.54) is 0 Å². The molecule has 2 aliphatic heterocycles. The number of rotatable bonds is 6. The fourth-order valence-corrected chi connectivity index (χ4v) is 2.14. The van der Waals surface area contributed by atoms with E-state index in [9.17, 15) is 39.0 Å². The number of imide groups is 2. The van der Waals surface area contributed by atoms with Gasteiger partial charge in [-0.25, -0.2) is 19.2 Å². The molecule has 10 amide bonds. The SMILES string of the molecule is O=C(NCNC(=O)NC1(CO)NC(=O)NC1=O)NC1(CO)NC(=O)NC1=O.[O-2].[O-2].[Ti+4]. The predicted octanol–water partition coefficient (Wildman–Crippen LogP) is -5.64. The van der Waals surface area contributed by atoms with E-state index in [1.807, 2.05) is 31.9 Å². The van der Waals surface area contributed by atoms with Crippen LogP contribution in [-0.2, 0) is 42.3 Å². The van der Waals surface area contributed by atoms with Gasteiger partial charge in [0.15, 0.2) is 0 Å². The van der Waals surface area contributed by atoms with E-state index in [0.29, 0.717) is 0 Å². The Morgan fingerprint density at radius 2 is 1.10 bits per heavy atom. The molecule has 19 heteroatoms. The van der Waals surface area contributed by atoms with Gasteiger partial charge < -0.3 is 53.1 Å². The summed E-state index contributed by atoms with van der Waals surface area (Å²) in [6.07, 6.45) is 0. The molecular formula is C11H16N8O10Ti. The summed E-state index contributed by atoms with van der Waals surface area (Å²) in [5.41, 5.74) is -4.12. The van der Waals surface area contributed by atoms with Crippen LogP contribution >= 0.6 is 0 Å². The second-order valence-corrected chi connectivity index (χ2v) is 5.38. The number of hydrogen-bond donors (Lipinski definition) is 10. The number of urea groups is 4. The zero-order chi connectivity index (χ0) is 20.2. The van der Waals surface area contributed by atoms with Crippen LogP contribution < -0.4 is 42.5 Å². The molecule has 0 aromatic heterocycles. The second kappa shape index (κ2) is 11.2. The first-order chi connectivity index (χ1) is 12.7. The summed E-state index contributed by atoms with van der Waals surface area (Å²) in [6.45, 7) is -2.38. The van der Waals surface area contributed by atoms with E-state index in [0.717, 1.165) is 0 Å². The van der Waals surface area contributed by atoms with Gasteiger partial charge in [0, 0.05) is 0 Å². The molecule has 2 aliphatic rings. The van der Waals surface area contributed by atoms with Gasteiger partial charge in [0.2, 0.25) is 11.3 Å². The minimum Gasteiger partial charge on any atom is -2.00 e. The topological polar surface area (TPSA) is 296 Å². The van der Waals surface area contributed by atoms with Crippen LogP contribution in [0.1, 0.15) is 0 Å². The Morgan fingerprint density at radius 3 is 1.33 bits per heavy atom. The molecule has 2 unspecified atom stereocenters. The fourth-order valence-electron chi connectivity index (χ4n) is 2.14. The van der Waals surface area contributed by atoms with Crippen molar-refractivity contribution < 1.29 is 71.7 Å². The predicted molar refractivity (Wildman–Crippen MR) is 82.6 cm³/mol. The summed E-state index contributed by atoms with van der Waals surface area (Å²) < 4.78 is 0. The maximum Gasteiger partial charge on any atom is 4.00 e. The van der Waals surface area contributed by atoms with Crippen molar-refractivity contribution in [2.75, 3.05) is 19.9 Å². The van der Waals surface area contributed by atoms with Gasteiger partial charge in [-0.3, -0.25) is 20.2 Å². The van der Waals surface area contributed by atoms with Crippen molar-refractivity contribution >= 4 is 35.9 Å². The summed E-state index contributed by atoms with van der Waals surface area (Å²) in [7, 11) is 0. The quantitative estimate of drug-likeness (QED) is 0.102. The first-order valence-electron chi connectivity index (χ1n) is 7.27. The summed E-state index contributed by atoms with van der Waals surface area (Å²) >= 11 is 0. The van der Waals surface area contributed by atoms with E-state index in [4.69, 9.17) is 0 Å². The Morgan fingerprint density at radius 1 is 0.767 bits per heavy atom. The van der Waals surface area contributed by atoms with Crippen molar-refractivity contribution in [3.63, 3.8) is 0 Å². The number of aliphatic hydroxyl groups is 2. The second-order valence-electron chi connectivity index (χ2n) is 5.38. The van der Waals surface area contributed by atoms with E-state index in [1.54, 1.807) is 0 Å². The van der Waals surface area contributed by atoms with Crippen molar-refractivity contribution in [3.8, 4) is 0 Å². The van der Waals surface area contributed by atoms with Crippen LogP contribution in [0.2, 0.25) is 0 Å². The molecule has 0 spiro atoms. The molecule has 0 radical (unpaired) electrons. The van der Waals surface area contributed by atoms with E-state index in [-0.39, 0.29) is 32.7 Å². The average Bonchev–Trinajstić information content (AvgIpc) is 3.03. The Balaban J connectivity index is 0. The van der Waals surface area contributed by atoms with Gasteiger partial charge in [0.1, 0.15) is 0 Å². The largest absolute Gasteiger partial charge is 4.00 e. The molecule has 2 atom stereocenters. The molecule has 2 saturated heterocycles. The van der Waals surface area contributed by atoms with Crippen LogP contribution in [0.5, 0.6) is 0 Å². The zero-order valence-electron chi connectivity index (χ0n) is 14.8. The minimum atomic E-state index is -2.06. The Labute approximate surface area is 181 Å². The molecule has 2 fully saturated rings. The number of carbonyl (C=O) groups is 6. The molecule has 0 saturated carbocycles. The first kappa shape index (κ1) is 29.2. The van der Waals surface area contributed by atoms with Crippen LogP contribution in [0, 0.1) is 0 Å². The van der Waals surface area contributed by atoms with E-state index >= 15 is 0 Å². The Bertz CT molecular complexity index is 664. The van der Waals surface area contributed by atoms with Gasteiger partial charge in [-0.05, 0) is 0 Å². The van der Waals surface area contributed by atoms with Gasteiger partial charge in [-0.1, -0.05) is 0 Å². The maximum atomic E-state index is 11.8. The van der Waals surface area contributed by atoms with E-state index < -0.39 is 67.1 Å². The third-order valence-corrected chi connectivity index (χ3v) is 3.51. The summed E-state index contributed by atoms with van der Waals surface area (Å²) in [6, 6.07) is -3.91. The summed E-state index contributed by atoms with van der Waals surface area (Å²) in [5.74, 6) is -1.97. The molecule has 18 nitrogen and oxygen atoms in total. The molecule has 0 aliphatic carbocycles. The summed E-state index contributed by atoms with van der Waals surface area (Å²) in [5, 5.41) is 34.4. The van der Waals surface area contributed by atoms with Crippen molar-refractivity contribution in [2.45, 2.75) is 11.3 Å². The van der Waals surface area contributed by atoms with Gasteiger partial charge >= 0.3 is 45.8 Å². The molecule has 0 bridgehead atoms. The number of carbonyl (C=O) groups excluding carboxylic acids is 6. The summed E-state index contributed by atoms with van der Waals surface area (Å²) in [4.78, 5) is 68.9. The monoisotopic (exact) mass is 468 g/mol. The third-order valence-electron chi connectivity index (χ3n) is 3.51. The third kappa shape index (κ3) is 5.98. The van der Waals surface area contributed by atoms with Gasteiger partial charge in [0.25, 0.3) is 11.8 Å². The smallest absolute Gasteiger partial charge is 2.00 e. The van der Waals surface area contributed by atoms with Crippen LogP contribution in [0.3, 0.4) is 0 Å². The molecule has 0 aromatic carbocycles. The maximum absolute atomic E-state index is 11.8. The van der Waals surface area contributed by atoms with Gasteiger partial charge in [-0.15, -0.1) is 0 Å². The van der Waals surface area contributed by atoms with Crippen molar-refractivity contribution in [1.82, 2.24) is 42.5 Å². The Kier molecular flexibility index (Phi) is 10.9. The number of hydrogen-bond acceptors (Lipinski definition) is 8. The number of aliphatic hydroxyl groups excluding tert-OH is 2. The number of nitrogens with one attached hydrogen (secondary N) is 8. The first-order valence-corrected chi connectivity index (χ1v) is 7.27. The van der Waals surface area contributed by atoms with Crippen molar-refractivity contribution in [3.05, 3.63) is 0 Å². The van der Waals surface area contributed by atoms with Crippen molar-refractivity contribution in [2.24, 2.45) is 0 Å².